The number of hydrogen-bond donors (Lipinski definition) is 0. The highest BCUT2D eigenvalue weighted by Gasteiger charge is 1.77. The monoisotopic (exact) mass is 142 g/mol. The van der Waals surface area contributed by atoms with Crippen LogP contribution in [0.2, 0.25) is 0 Å². The molecular formula is C3H7ClS2. The predicted octanol–water partition coefficient (Wildman–Crippen LogP) is 2.24. The van der Waals surface area contributed by atoms with Gasteiger partial charge in [-0.3, -0.25) is 0 Å². The van der Waals surface area contributed by atoms with E-state index in [2.05, 4.69) is 6.26 Å². The third-order valence-corrected chi connectivity index (χ3v) is 2.51. The molecule has 0 aliphatic carbocycles. The van der Waals surface area contributed by atoms with Crippen molar-refractivity contribution in [3.8, 4) is 0 Å². The Balaban J connectivity index is 2.34. The van der Waals surface area contributed by atoms with E-state index in [9.17, 15) is 0 Å². The quantitative estimate of drug-likeness (QED) is 0.337. The summed E-state index contributed by atoms with van der Waals surface area (Å²) in [5.74, 6) is 1.83. The van der Waals surface area contributed by atoms with Crippen LogP contribution in [0.1, 0.15) is 0 Å². The molecule has 0 bridgehead atoms. The van der Waals surface area contributed by atoms with E-state index in [-0.39, 0.29) is 0 Å². The molecule has 0 fully saturated rings. The molecule has 0 rings (SSSR count). The molecule has 0 N–H and O–H groups in total. The second kappa shape index (κ2) is 5.99. The lowest BCUT2D eigenvalue weighted by Crippen LogP contribution is -1.70. The van der Waals surface area contributed by atoms with Gasteiger partial charge in [-0.25, -0.2) is 0 Å². The molecule has 0 aromatic carbocycles. The zero-order valence-electron chi connectivity index (χ0n) is 3.61. The van der Waals surface area contributed by atoms with Crippen LogP contribution in [0.25, 0.3) is 0 Å². The van der Waals surface area contributed by atoms with Crippen LogP contribution >= 0.6 is 33.2 Å². The SMILES string of the molecule is CSSCCCl. The zero-order chi connectivity index (χ0) is 4.83. The first-order valence-electron chi connectivity index (χ1n) is 1.63. The highest BCUT2D eigenvalue weighted by molar-refractivity contribution is 8.76. The van der Waals surface area contributed by atoms with Crippen LogP contribution in [0, 0.1) is 0 Å². The Bertz CT molecular complexity index is 20.8. The van der Waals surface area contributed by atoms with Crippen LogP contribution in [0.4, 0.5) is 0 Å². The fourth-order valence-electron chi connectivity index (χ4n) is 0.115. The van der Waals surface area contributed by atoms with Gasteiger partial charge >= 0.3 is 0 Å². The van der Waals surface area contributed by atoms with E-state index in [1.165, 1.54) is 0 Å². The molecule has 38 valence electrons. The third-order valence-electron chi connectivity index (χ3n) is 0.278. The molecule has 0 saturated carbocycles. The van der Waals surface area contributed by atoms with Crippen LogP contribution < -0.4 is 0 Å². The third kappa shape index (κ3) is 4.99. The highest BCUT2D eigenvalue weighted by Crippen LogP contribution is 2.15. The Morgan fingerprint density at radius 3 is 2.50 bits per heavy atom. The first kappa shape index (κ1) is 6.99. The van der Waals surface area contributed by atoms with Crippen LogP contribution in [-0.2, 0) is 0 Å². The van der Waals surface area contributed by atoms with Gasteiger partial charge in [-0.1, -0.05) is 21.6 Å². The van der Waals surface area contributed by atoms with Crippen molar-refractivity contribution in [3.05, 3.63) is 0 Å². The molecule has 0 saturated heterocycles. The van der Waals surface area contributed by atoms with Gasteiger partial charge in [0.15, 0.2) is 0 Å². The Kier molecular flexibility index (Phi) is 6.98. The Labute approximate surface area is 51.4 Å². The molecule has 0 unspecified atom stereocenters. The topological polar surface area (TPSA) is 0 Å². The van der Waals surface area contributed by atoms with Crippen molar-refractivity contribution >= 4 is 33.2 Å². The van der Waals surface area contributed by atoms with E-state index >= 15 is 0 Å². The summed E-state index contributed by atoms with van der Waals surface area (Å²) in [4.78, 5) is 0. The molecule has 3 heteroatoms. The van der Waals surface area contributed by atoms with E-state index < -0.39 is 0 Å². The lowest BCUT2D eigenvalue weighted by molar-refractivity contribution is 1.55. The normalized spacial score (nSPS) is 9.00. The lowest BCUT2D eigenvalue weighted by Gasteiger charge is -1.84. The summed E-state index contributed by atoms with van der Waals surface area (Å²) in [7, 11) is 3.55. The van der Waals surface area contributed by atoms with Crippen molar-refractivity contribution in [2.45, 2.75) is 0 Å². The minimum Gasteiger partial charge on any atom is -0.126 e. The average Bonchev–Trinajstić information content (AvgIpc) is 1.61. The van der Waals surface area contributed by atoms with Crippen LogP contribution in [0.15, 0.2) is 0 Å². The van der Waals surface area contributed by atoms with Gasteiger partial charge in [0.2, 0.25) is 0 Å². The van der Waals surface area contributed by atoms with Gasteiger partial charge in [-0.05, 0) is 6.26 Å². The number of alkyl halides is 1. The zero-order valence-corrected chi connectivity index (χ0v) is 6.00. The maximum atomic E-state index is 5.35. The fourth-order valence-corrected chi connectivity index (χ4v) is 1.60. The molecule has 0 atom stereocenters. The highest BCUT2D eigenvalue weighted by atomic mass is 35.5. The van der Waals surface area contributed by atoms with Crippen molar-refractivity contribution in [1.82, 2.24) is 0 Å². The molecule has 0 aromatic rings. The molecule has 0 radical (unpaired) electrons. The maximum absolute atomic E-state index is 5.35. The fraction of sp³-hybridized carbons (Fsp3) is 1.00. The van der Waals surface area contributed by atoms with Crippen LogP contribution in [0.5, 0.6) is 0 Å². The summed E-state index contributed by atoms with van der Waals surface area (Å²) in [6.07, 6.45) is 2.05. The second-order valence-corrected chi connectivity index (χ2v) is 3.74. The standard InChI is InChI=1S/C3H7ClS2/c1-5-6-3-2-4/h2-3H2,1H3. The Morgan fingerprint density at radius 2 is 2.33 bits per heavy atom. The summed E-state index contributed by atoms with van der Waals surface area (Å²) >= 11 is 5.35. The summed E-state index contributed by atoms with van der Waals surface area (Å²) in [6, 6.07) is 0. The molecule has 0 aromatic heterocycles. The van der Waals surface area contributed by atoms with Gasteiger partial charge in [0.25, 0.3) is 0 Å². The number of hydrogen-bond acceptors (Lipinski definition) is 2. The molecule has 6 heavy (non-hydrogen) atoms. The number of rotatable bonds is 3. The lowest BCUT2D eigenvalue weighted by atomic mass is 11.0. The molecule has 0 aliphatic rings. The van der Waals surface area contributed by atoms with Crippen LogP contribution in [0.3, 0.4) is 0 Å². The molecule has 0 heterocycles. The molecular weight excluding hydrogens is 136 g/mol. The minimum atomic E-state index is 0.769. The van der Waals surface area contributed by atoms with Crippen LogP contribution in [-0.4, -0.2) is 17.9 Å². The van der Waals surface area contributed by atoms with Crippen molar-refractivity contribution < 1.29 is 0 Å². The van der Waals surface area contributed by atoms with E-state index in [1.807, 2.05) is 0 Å². The van der Waals surface area contributed by atoms with Gasteiger partial charge in [0.1, 0.15) is 0 Å². The van der Waals surface area contributed by atoms with E-state index in [1.54, 1.807) is 21.6 Å². The predicted molar refractivity (Wildman–Crippen MR) is 36.7 cm³/mol. The number of halogens is 1. The van der Waals surface area contributed by atoms with Gasteiger partial charge in [-0.15, -0.1) is 11.6 Å². The minimum absolute atomic E-state index is 0.769. The van der Waals surface area contributed by atoms with Crippen molar-refractivity contribution in [2.24, 2.45) is 0 Å². The summed E-state index contributed by atoms with van der Waals surface area (Å²) in [6.45, 7) is 0. The molecule has 0 aliphatic heterocycles. The van der Waals surface area contributed by atoms with Crippen molar-refractivity contribution in [2.75, 3.05) is 17.9 Å². The molecule has 0 spiro atoms. The van der Waals surface area contributed by atoms with Gasteiger partial charge < -0.3 is 0 Å². The second-order valence-electron chi connectivity index (χ2n) is 0.678. The average molecular weight is 143 g/mol. The van der Waals surface area contributed by atoms with Gasteiger partial charge in [0.05, 0.1) is 0 Å². The van der Waals surface area contributed by atoms with Crippen molar-refractivity contribution in [3.63, 3.8) is 0 Å². The smallest absolute Gasteiger partial charge is 0.0322 e. The molecule has 0 nitrogen and oxygen atoms in total. The molecule has 0 amide bonds. The summed E-state index contributed by atoms with van der Waals surface area (Å²) in [5, 5.41) is 0. The first-order valence-corrected chi connectivity index (χ1v) is 4.89. The Hall–Kier alpha value is 0.990. The van der Waals surface area contributed by atoms with E-state index in [0.29, 0.717) is 0 Å². The maximum Gasteiger partial charge on any atom is 0.0322 e. The van der Waals surface area contributed by atoms with Gasteiger partial charge in [0, 0.05) is 11.6 Å². The summed E-state index contributed by atoms with van der Waals surface area (Å²) in [5.41, 5.74) is 0. The van der Waals surface area contributed by atoms with E-state index in [4.69, 9.17) is 11.6 Å². The van der Waals surface area contributed by atoms with E-state index in [0.717, 1.165) is 11.6 Å². The largest absolute Gasteiger partial charge is 0.126 e. The van der Waals surface area contributed by atoms with Gasteiger partial charge in [-0.2, -0.15) is 0 Å². The summed E-state index contributed by atoms with van der Waals surface area (Å²) < 4.78 is 0. The first-order chi connectivity index (χ1) is 2.91. The van der Waals surface area contributed by atoms with Crippen molar-refractivity contribution in [1.29, 1.82) is 0 Å². The Morgan fingerprint density at radius 1 is 1.67 bits per heavy atom.